The van der Waals surface area contributed by atoms with Gasteiger partial charge in [-0.15, -0.1) is 0 Å². The fourth-order valence-electron chi connectivity index (χ4n) is 4.87. The maximum atomic E-state index is 14.9. The van der Waals surface area contributed by atoms with Gasteiger partial charge in [0.1, 0.15) is 17.5 Å². The Morgan fingerprint density at radius 1 is 1.17 bits per heavy atom. The van der Waals surface area contributed by atoms with Crippen molar-refractivity contribution in [1.29, 1.82) is 5.26 Å². The molecule has 2 aliphatic rings. The Morgan fingerprint density at radius 2 is 1.88 bits per heavy atom. The van der Waals surface area contributed by atoms with Crippen LogP contribution in [0.2, 0.25) is 10.0 Å². The molecule has 3 amide bonds. The number of nitrogens with one attached hydrogen (secondary N) is 3. The predicted octanol–water partition coefficient (Wildman–Crippen LogP) is 5.81. The van der Waals surface area contributed by atoms with Crippen molar-refractivity contribution in [2.75, 3.05) is 30.3 Å². The lowest BCUT2D eigenvalue weighted by atomic mass is 9.93. The molecule has 9 nitrogen and oxygen atoms in total. The number of nitrogens with zero attached hydrogens (tertiary/aromatic N) is 2. The Bertz CT molecular complexity index is 1430. The smallest absolute Gasteiger partial charge is 0.407 e. The highest BCUT2D eigenvalue weighted by Gasteiger charge is 2.50. The van der Waals surface area contributed by atoms with Gasteiger partial charge in [0.15, 0.2) is 0 Å². The Morgan fingerprint density at radius 3 is 2.51 bits per heavy atom. The van der Waals surface area contributed by atoms with Crippen molar-refractivity contribution in [3.05, 3.63) is 56.8 Å². The SMILES string of the molecule is CC1c2c(Cl)cc(Cl)cc2CCN1C(=O)CNc1cc(NC(=O)C2(CNC(=O)OC(C)(C)C)CC2)c(C#N)cc1F. The number of rotatable bonds is 7. The molecule has 1 heterocycles. The van der Waals surface area contributed by atoms with Crippen LogP contribution in [0.25, 0.3) is 0 Å². The summed E-state index contributed by atoms with van der Waals surface area (Å²) in [5.74, 6) is -1.42. The van der Waals surface area contributed by atoms with E-state index in [1.165, 1.54) is 6.07 Å². The monoisotopic (exact) mass is 603 g/mol. The lowest BCUT2D eigenvalue weighted by Gasteiger charge is -2.36. The van der Waals surface area contributed by atoms with Crippen molar-refractivity contribution in [3.8, 4) is 6.07 Å². The van der Waals surface area contributed by atoms with Gasteiger partial charge in [0, 0.05) is 23.1 Å². The first-order chi connectivity index (χ1) is 19.2. The molecule has 0 saturated heterocycles. The highest BCUT2D eigenvalue weighted by molar-refractivity contribution is 6.35. The molecule has 0 bridgehead atoms. The Hall–Kier alpha value is -3.55. The molecule has 0 aromatic heterocycles. The molecule has 1 aliphatic heterocycles. The first-order valence-electron chi connectivity index (χ1n) is 13.3. The molecule has 3 N–H and O–H groups in total. The third-order valence-corrected chi connectivity index (χ3v) is 7.75. The fraction of sp³-hybridized carbons (Fsp3) is 0.448. The van der Waals surface area contributed by atoms with Crippen LogP contribution in [0.4, 0.5) is 20.6 Å². The van der Waals surface area contributed by atoms with E-state index in [1.807, 2.05) is 19.1 Å². The van der Waals surface area contributed by atoms with Gasteiger partial charge in [-0.2, -0.15) is 5.26 Å². The number of fused-ring (bicyclic) bond motifs is 1. The molecular weight excluding hydrogens is 572 g/mol. The number of ether oxygens (including phenoxy) is 1. The normalized spacial score (nSPS) is 17.1. The summed E-state index contributed by atoms with van der Waals surface area (Å²) < 4.78 is 20.1. The fourth-order valence-corrected chi connectivity index (χ4v) is 5.56. The molecule has 12 heteroatoms. The number of carbonyl (C=O) groups is 3. The second-order valence-electron chi connectivity index (χ2n) is 11.4. The average Bonchev–Trinajstić information content (AvgIpc) is 3.67. The zero-order valence-electron chi connectivity index (χ0n) is 23.3. The van der Waals surface area contributed by atoms with Crippen LogP contribution >= 0.6 is 23.2 Å². The summed E-state index contributed by atoms with van der Waals surface area (Å²) in [5, 5.41) is 18.7. The molecule has 1 saturated carbocycles. The third-order valence-electron chi connectivity index (χ3n) is 7.22. The third kappa shape index (κ3) is 7.03. The molecule has 0 radical (unpaired) electrons. The molecule has 0 spiro atoms. The van der Waals surface area contributed by atoms with E-state index in [2.05, 4.69) is 16.0 Å². The van der Waals surface area contributed by atoms with Crippen molar-refractivity contribution < 1.29 is 23.5 Å². The summed E-state index contributed by atoms with van der Waals surface area (Å²) in [6.45, 7) is 7.37. The lowest BCUT2D eigenvalue weighted by molar-refractivity contribution is -0.131. The number of hydrogen-bond acceptors (Lipinski definition) is 6. The summed E-state index contributed by atoms with van der Waals surface area (Å²) >= 11 is 12.5. The number of anilines is 2. The van der Waals surface area contributed by atoms with Gasteiger partial charge in [0.25, 0.3) is 0 Å². The van der Waals surface area contributed by atoms with E-state index in [0.29, 0.717) is 35.9 Å². The van der Waals surface area contributed by atoms with Crippen molar-refractivity contribution in [2.45, 2.75) is 58.6 Å². The average molecular weight is 605 g/mol. The molecule has 1 aliphatic carbocycles. The summed E-state index contributed by atoms with van der Waals surface area (Å²) in [4.78, 5) is 39.9. The van der Waals surface area contributed by atoms with Crippen LogP contribution in [0.5, 0.6) is 0 Å². The molecule has 2 aromatic rings. The maximum Gasteiger partial charge on any atom is 0.407 e. The van der Waals surface area contributed by atoms with E-state index < -0.39 is 28.8 Å². The molecule has 1 atom stereocenters. The van der Waals surface area contributed by atoms with E-state index in [4.69, 9.17) is 27.9 Å². The van der Waals surface area contributed by atoms with Crippen LogP contribution in [0.15, 0.2) is 24.3 Å². The van der Waals surface area contributed by atoms with Crippen molar-refractivity contribution >= 4 is 52.5 Å². The Labute approximate surface area is 248 Å². The van der Waals surface area contributed by atoms with Crippen LogP contribution < -0.4 is 16.0 Å². The minimum atomic E-state index is -0.853. The molecule has 2 aromatic carbocycles. The number of hydrogen-bond donors (Lipinski definition) is 3. The quantitative estimate of drug-likeness (QED) is 0.367. The van der Waals surface area contributed by atoms with Gasteiger partial charge >= 0.3 is 6.09 Å². The molecule has 1 unspecified atom stereocenters. The number of alkyl carbamates (subject to hydrolysis) is 1. The highest BCUT2D eigenvalue weighted by Crippen LogP contribution is 2.46. The van der Waals surface area contributed by atoms with Crippen molar-refractivity contribution in [1.82, 2.24) is 10.2 Å². The lowest BCUT2D eigenvalue weighted by Crippen LogP contribution is -2.42. The highest BCUT2D eigenvalue weighted by atomic mass is 35.5. The molecule has 1 fully saturated rings. The number of benzene rings is 2. The van der Waals surface area contributed by atoms with E-state index in [1.54, 1.807) is 31.7 Å². The number of carbonyl (C=O) groups excluding carboxylic acids is 3. The summed E-state index contributed by atoms with van der Waals surface area (Å²) in [6.07, 6.45) is 1.01. The zero-order valence-corrected chi connectivity index (χ0v) is 24.8. The maximum absolute atomic E-state index is 14.9. The van der Waals surface area contributed by atoms with Crippen LogP contribution in [-0.2, 0) is 20.7 Å². The van der Waals surface area contributed by atoms with Gasteiger partial charge < -0.3 is 25.6 Å². The topological polar surface area (TPSA) is 124 Å². The number of amides is 3. The predicted molar refractivity (Wildman–Crippen MR) is 154 cm³/mol. The van der Waals surface area contributed by atoms with Gasteiger partial charge in [0.05, 0.1) is 34.9 Å². The van der Waals surface area contributed by atoms with Crippen molar-refractivity contribution in [3.63, 3.8) is 0 Å². The molecular formula is C29H32Cl2FN5O4. The molecule has 4 rings (SSSR count). The first kappa shape index (κ1) is 30.4. The van der Waals surface area contributed by atoms with Crippen LogP contribution in [0.1, 0.15) is 63.3 Å². The minimum absolute atomic E-state index is 0.0424. The van der Waals surface area contributed by atoms with Crippen molar-refractivity contribution in [2.24, 2.45) is 5.41 Å². The van der Waals surface area contributed by atoms with Crippen LogP contribution in [0, 0.1) is 22.6 Å². The number of halogens is 3. The minimum Gasteiger partial charge on any atom is -0.444 e. The number of nitriles is 1. The summed E-state index contributed by atoms with van der Waals surface area (Å²) in [5.41, 5.74) is 0.273. The summed E-state index contributed by atoms with van der Waals surface area (Å²) in [7, 11) is 0. The van der Waals surface area contributed by atoms with Gasteiger partial charge in [-0.05, 0) is 82.3 Å². The Balaban J connectivity index is 1.42. The van der Waals surface area contributed by atoms with Crippen LogP contribution in [-0.4, -0.2) is 48.0 Å². The van der Waals surface area contributed by atoms with E-state index in [-0.39, 0.29) is 42.0 Å². The van der Waals surface area contributed by atoms with Gasteiger partial charge in [0.2, 0.25) is 11.8 Å². The van der Waals surface area contributed by atoms with E-state index in [0.717, 1.165) is 17.2 Å². The van der Waals surface area contributed by atoms with Crippen LogP contribution in [0.3, 0.4) is 0 Å². The van der Waals surface area contributed by atoms with E-state index in [9.17, 15) is 24.0 Å². The summed E-state index contributed by atoms with van der Waals surface area (Å²) in [6, 6.07) is 7.38. The largest absolute Gasteiger partial charge is 0.444 e. The van der Waals surface area contributed by atoms with Gasteiger partial charge in [-0.25, -0.2) is 9.18 Å². The second kappa shape index (κ2) is 11.7. The zero-order chi connectivity index (χ0) is 30.1. The standard InChI is InChI=1S/C29H32Cl2FN5O4/c1-16-25-17(9-19(30)11-20(25)31)5-8-37(16)24(38)14-34-23-12-22(18(13-33)10-21(23)32)36-26(39)29(6-7-29)15-35-27(40)41-28(2,3)4/h9-12,16,34H,5-8,14-15H2,1-4H3,(H,35,40)(H,36,39). The molecule has 218 valence electrons. The second-order valence-corrected chi connectivity index (χ2v) is 12.3. The molecule has 41 heavy (non-hydrogen) atoms. The van der Waals surface area contributed by atoms with Gasteiger partial charge in [-0.3, -0.25) is 9.59 Å². The van der Waals surface area contributed by atoms with Gasteiger partial charge in [-0.1, -0.05) is 23.2 Å². The first-order valence-corrected chi connectivity index (χ1v) is 14.0. The Kier molecular flexibility index (Phi) is 8.71. The van der Waals surface area contributed by atoms with E-state index >= 15 is 0 Å².